The number of aromatic nitrogens is 3. The average molecular weight is 489 g/mol. The number of hydrogen-bond donors (Lipinski definition) is 1. The van der Waals surface area contributed by atoms with Crippen LogP contribution in [0.1, 0.15) is 39.2 Å². The highest BCUT2D eigenvalue weighted by molar-refractivity contribution is 6.30. The number of esters is 1. The van der Waals surface area contributed by atoms with Crippen LogP contribution in [0.2, 0.25) is 5.02 Å². The number of ether oxygens (including phenoxy) is 2. The summed E-state index contributed by atoms with van der Waals surface area (Å²) >= 11 is 6.34. The van der Waals surface area contributed by atoms with Gasteiger partial charge in [-0.05, 0) is 42.0 Å². The van der Waals surface area contributed by atoms with Crippen molar-refractivity contribution in [1.82, 2.24) is 14.8 Å². The third-order valence-electron chi connectivity index (χ3n) is 6.21. The normalized spacial score (nSPS) is 18.0. The summed E-state index contributed by atoms with van der Waals surface area (Å²) < 4.78 is 28.1. The largest absolute Gasteiger partial charge is 0.480 e. The first-order valence-electron chi connectivity index (χ1n) is 10.8. The highest BCUT2D eigenvalue weighted by Crippen LogP contribution is 2.51. The van der Waals surface area contributed by atoms with Crippen LogP contribution in [0.15, 0.2) is 78.6 Å². The maximum atomic E-state index is 15.2. The molecule has 2 aliphatic heterocycles. The Kier molecular flexibility index (Phi) is 5.04. The molecular weight excluding hydrogens is 471 g/mol. The first-order valence-corrected chi connectivity index (χ1v) is 11.2. The van der Waals surface area contributed by atoms with E-state index in [-0.39, 0.29) is 5.82 Å². The zero-order valence-corrected chi connectivity index (χ0v) is 19.2. The van der Waals surface area contributed by atoms with Crippen molar-refractivity contribution in [2.45, 2.75) is 12.1 Å². The number of nitrogens with zero attached hydrogens (tertiary/aromatic N) is 3. The molecule has 2 atom stereocenters. The lowest BCUT2D eigenvalue weighted by molar-refractivity contribution is 0.0600. The minimum Gasteiger partial charge on any atom is -0.480 e. The number of halogens is 2. The Bertz CT molecular complexity index is 1500. The molecule has 2 unspecified atom stereocenters. The number of carbonyl (C=O) groups excluding carboxylic acids is 1. The fourth-order valence-corrected chi connectivity index (χ4v) is 4.80. The van der Waals surface area contributed by atoms with Crippen LogP contribution < -0.4 is 10.1 Å². The molecular formula is C26H18ClFN4O3. The number of rotatable bonds is 3. The van der Waals surface area contributed by atoms with Crippen LogP contribution in [0, 0.1) is 5.82 Å². The van der Waals surface area contributed by atoms with E-state index < -0.39 is 18.1 Å². The van der Waals surface area contributed by atoms with Gasteiger partial charge in [-0.2, -0.15) is 10.1 Å². The molecule has 0 aliphatic carbocycles. The molecule has 0 saturated heterocycles. The Hall–Kier alpha value is -4.17. The summed E-state index contributed by atoms with van der Waals surface area (Å²) in [6.07, 6.45) is 0.814. The SMILES string of the molecule is COC(=O)c1ccc(C2Oc3ccc(Cl)cc3C3=C2C(c2ccccc2F)n2ncnc2N3)cc1. The molecule has 0 radical (unpaired) electrons. The lowest BCUT2D eigenvalue weighted by Gasteiger charge is -2.39. The van der Waals surface area contributed by atoms with E-state index in [1.54, 1.807) is 65.3 Å². The summed E-state index contributed by atoms with van der Waals surface area (Å²) in [7, 11) is 1.34. The summed E-state index contributed by atoms with van der Waals surface area (Å²) in [6, 6.07) is 18.3. The van der Waals surface area contributed by atoms with E-state index in [1.807, 2.05) is 0 Å². The van der Waals surface area contributed by atoms with Crippen molar-refractivity contribution in [3.05, 3.63) is 112 Å². The number of methoxy groups -OCH3 is 1. The quantitative estimate of drug-likeness (QED) is 0.388. The highest BCUT2D eigenvalue weighted by atomic mass is 35.5. The van der Waals surface area contributed by atoms with E-state index in [0.717, 1.165) is 22.4 Å². The molecule has 1 N–H and O–H groups in total. The van der Waals surface area contributed by atoms with Crippen LogP contribution in [0.4, 0.5) is 10.3 Å². The Balaban J connectivity index is 1.59. The van der Waals surface area contributed by atoms with Crippen LogP contribution in [0.3, 0.4) is 0 Å². The lowest BCUT2D eigenvalue weighted by Crippen LogP contribution is -2.32. The fraction of sp³-hybridized carbons (Fsp3) is 0.115. The number of nitrogens with one attached hydrogen (secondary N) is 1. The summed E-state index contributed by atoms with van der Waals surface area (Å²) in [6.45, 7) is 0. The molecule has 0 saturated carbocycles. The van der Waals surface area contributed by atoms with Crippen molar-refractivity contribution in [1.29, 1.82) is 0 Å². The van der Waals surface area contributed by atoms with Crippen molar-refractivity contribution in [3.63, 3.8) is 0 Å². The van der Waals surface area contributed by atoms with Crippen LogP contribution in [-0.2, 0) is 4.74 Å². The summed E-state index contributed by atoms with van der Waals surface area (Å²) in [5.74, 6) is 0.286. The standard InChI is InChI=1S/C26H18ClFN4O3/c1-34-25(33)15-8-6-14(7-9-15)24-21-22(18-12-16(27)10-11-20(18)35-24)31-26-29-13-30-32(26)23(21)17-4-2-3-5-19(17)28/h2-13,23-24H,1H3,(H,29,30,31). The number of benzene rings is 3. The predicted molar refractivity (Wildman–Crippen MR) is 128 cm³/mol. The van der Waals surface area contributed by atoms with Crippen molar-refractivity contribution in [2.24, 2.45) is 0 Å². The first kappa shape index (κ1) is 21.4. The van der Waals surface area contributed by atoms with Crippen LogP contribution in [-0.4, -0.2) is 27.8 Å². The predicted octanol–water partition coefficient (Wildman–Crippen LogP) is 5.42. The smallest absolute Gasteiger partial charge is 0.337 e. The molecule has 0 spiro atoms. The van der Waals surface area contributed by atoms with Gasteiger partial charge in [0.05, 0.1) is 18.4 Å². The summed E-state index contributed by atoms with van der Waals surface area (Å²) in [5, 5.41) is 8.29. The Morgan fingerprint density at radius 2 is 1.94 bits per heavy atom. The summed E-state index contributed by atoms with van der Waals surface area (Å²) in [5.41, 5.74) is 3.83. The Labute approximate surface area is 204 Å². The zero-order valence-electron chi connectivity index (χ0n) is 18.4. The average Bonchev–Trinajstić information content (AvgIpc) is 3.36. The van der Waals surface area contributed by atoms with Crippen molar-refractivity contribution >= 4 is 29.2 Å². The molecule has 6 rings (SSSR count). The van der Waals surface area contributed by atoms with E-state index in [1.165, 1.54) is 19.5 Å². The van der Waals surface area contributed by atoms with E-state index in [2.05, 4.69) is 15.4 Å². The fourth-order valence-electron chi connectivity index (χ4n) is 4.62. The van der Waals surface area contributed by atoms with Crippen molar-refractivity contribution in [2.75, 3.05) is 12.4 Å². The molecule has 9 heteroatoms. The van der Waals surface area contributed by atoms with Crippen molar-refractivity contribution < 1.29 is 18.7 Å². The minimum absolute atomic E-state index is 0.371. The molecule has 4 aromatic rings. The van der Waals surface area contributed by atoms with Crippen LogP contribution in [0.5, 0.6) is 5.75 Å². The maximum absolute atomic E-state index is 15.2. The van der Waals surface area contributed by atoms with Crippen LogP contribution >= 0.6 is 11.6 Å². The van der Waals surface area contributed by atoms with E-state index >= 15 is 4.39 Å². The van der Waals surface area contributed by atoms with Gasteiger partial charge >= 0.3 is 5.97 Å². The molecule has 3 aromatic carbocycles. The lowest BCUT2D eigenvalue weighted by atomic mass is 9.84. The number of anilines is 1. The van der Waals surface area contributed by atoms with Gasteiger partial charge in [0.15, 0.2) is 0 Å². The topological polar surface area (TPSA) is 78.3 Å². The van der Waals surface area contributed by atoms with Gasteiger partial charge in [-0.1, -0.05) is 41.9 Å². The number of carbonyl (C=O) groups is 1. The third-order valence-corrected chi connectivity index (χ3v) is 6.45. The van der Waals surface area contributed by atoms with Gasteiger partial charge in [0, 0.05) is 21.7 Å². The Morgan fingerprint density at radius 3 is 2.71 bits per heavy atom. The second-order valence-electron chi connectivity index (χ2n) is 8.16. The molecule has 7 nitrogen and oxygen atoms in total. The highest BCUT2D eigenvalue weighted by Gasteiger charge is 2.41. The minimum atomic E-state index is -0.637. The van der Waals surface area contributed by atoms with E-state index in [4.69, 9.17) is 21.1 Å². The number of hydrogen-bond acceptors (Lipinski definition) is 6. The van der Waals surface area contributed by atoms with Gasteiger partial charge in [-0.15, -0.1) is 0 Å². The second-order valence-corrected chi connectivity index (χ2v) is 8.60. The molecule has 3 heterocycles. The molecule has 0 fully saturated rings. The third kappa shape index (κ3) is 3.45. The van der Waals surface area contributed by atoms with E-state index in [0.29, 0.717) is 27.8 Å². The van der Waals surface area contributed by atoms with Gasteiger partial charge < -0.3 is 14.8 Å². The van der Waals surface area contributed by atoms with Crippen LogP contribution in [0.25, 0.3) is 5.70 Å². The van der Waals surface area contributed by atoms with Gasteiger partial charge in [-0.25, -0.2) is 13.9 Å². The van der Waals surface area contributed by atoms with Gasteiger partial charge in [0.25, 0.3) is 0 Å². The Morgan fingerprint density at radius 1 is 1.14 bits per heavy atom. The number of fused-ring (bicyclic) bond motifs is 3. The molecule has 35 heavy (non-hydrogen) atoms. The zero-order chi connectivity index (χ0) is 24.1. The molecule has 0 amide bonds. The summed E-state index contributed by atoms with van der Waals surface area (Å²) in [4.78, 5) is 16.3. The molecule has 174 valence electrons. The molecule has 0 bridgehead atoms. The van der Waals surface area contributed by atoms with Gasteiger partial charge in [0.1, 0.15) is 30.0 Å². The maximum Gasteiger partial charge on any atom is 0.337 e. The van der Waals surface area contributed by atoms with Gasteiger partial charge in [0.2, 0.25) is 5.95 Å². The van der Waals surface area contributed by atoms with E-state index in [9.17, 15) is 4.79 Å². The van der Waals surface area contributed by atoms with Gasteiger partial charge in [-0.3, -0.25) is 0 Å². The van der Waals surface area contributed by atoms with Crippen molar-refractivity contribution in [3.8, 4) is 5.75 Å². The second kappa shape index (κ2) is 8.25. The molecule has 2 aliphatic rings. The monoisotopic (exact) mass is 488 g/mol. The first-order chi connectivity index (χ1) is 17.0. The molecule has 1 aromatic heterocycles.